The van der Waals surface area contributed by atoms with Crippen LogP contribution in [0.3, 0.4) is 0 Å². The molecule has 2 heterocycles. The summed E-state index contributed by atoms with van der Waals surface area (Å²) < 4.78 is 26.9. The minimum absolute atomic E-state index is 0.0667. The van der Waals surface area contributed by atoms with Crippen LogP contribution in [0.1, 0.15) is 28.8 Å². The van der Waals surface area contributed by atoms with E-state index in [4.69, 9.17) is 5.73 Å². The molecule has 0 aliphatic carbocycles. The van der Waals surface area contributed by atoms with Crippen LogP contribution in [0.4, 0.5) is 0 Å². The second-order valence-electron chi connectivity index (χ2n) is 8.14. The molecule has 1 fully saturated rings. The first-order valence-corrected chi connectivity index (χ1v) is 12.3. The van der Waals surface area contributed by atoms with Gasteiger partial charge in [0.2, 0.25) is 10.0 Å². The normalized spacial score (nSPS) is 16.5. The van der Waals surface area contributed by atoms with E-state index in [-0.39, 0.29) is 5.91 Å². The summed E-state index contributed by atoms with van der Waals surface area (Å²) >= 11 is 0. The molecule has 3 aromatic rings. The highest BCUT2D eigenvalue weighted by molar-refractivity contribution is 7.88. The van der Waals surface area contributed by atoms with Gasteiger partial charge in [0.05, 0.1) is 11.8 Å². The van der Waals surface area contributed by atoms with Crippen LogP contribution < -0.4 is 5.73 Å². The fourth-order valence-corrected chi connectivity index (χ4v) is 4.83. The second-order valence-corrected chi connectivity index (χ2v) is 10.1. The molecule has 1 aliphatic rings. The van der Waals surface area contributed by atoms with E-state index in [1.807, 2.05) is 30.5 Å². The third-order valence-electron chi connectivity index (χ3n) is 6.03. The van der Waals surface area contributed by atoms with Crippen molar-refractivity contribution in [2.24, 2.45) is 5.73 Å². The Kier molecular flexibility index (Phi) is 5.88. The van der Waals surface area contributed by atoms with Crippen LogP contribution in [0, 0.1) is 0 Å². The summed E-state index contributed by atoms with van der Waals surface area (Å²) in [5.74, 6) is 0.256. The van der Waals surface area contributed by atoms with Gasteiger partial charge in [0.25, 0.3) is 5.91 Å². The van der Waals surface area contributed by atoms with Crippen LogP contribution in [0.15, 0.2) is 54.7 Å². The van der Waals surface area contributed by atoms with Crippen molar-refractivity contribution in [1.29, 1.82) is 0 Å². The number of piperazine rings is 1. The van der Waals surface area contributed by atoms with Crippen molar-refractivity contribution in [2.45, 2.75) is 12.8 Å². The molecule has 8 heteroatoms. The van der Waals surface area contributed by atoms with Crippen molar-refractivity contribution in [3.8, 4) is 5.69 Å². The van der Waals surface area contributed by atoms with Crippen LogP contribution in [0.5, 0.6) is 0 Å². The lowest BCUT2D eigenvalue weighted by Gasteiger charge is -2.33. The maximum absolute atomic E-state index is 12.9. The van der Waals surface area contributed by atoms with Gasteiger partial charge in [-0.15, -0.1) is 0 Å². The van der Waals surface area contributed by atoms with Crippen LogP contribution in [0.25, 0.3) is 16.6 Å². The predicted octanol–water partition coefficient (Wildman–Crippen LogP) is 2.41. The third-order valence-corrected chi connectivity index (χ3v) is 7.33. The zero-order chi connectivity index (χ0) is 22.2. The van der Waals surface area contributed by atoms with Gasteiger partial charge in [0.15, 0.2) is 0 Å². The molecule has 7 nitrogen and oxygen atoms in total. The van der Waals surface area contributed by atoms with Gasteiger partial charge in [0.1, 0.15) is 0 Å². The Morgan fingerprint density at radius 1 is 1.03 bits per heavy atom. The number of nitrogens with zero attached hydrogens (tertiary/aromatic N) is 3. The molecule has 0 saturated carbocycles. The number of hydrogen-bond donors (Lipinski definition) is 1. The van der Waals surface area contributed by atoms with Crippen LogP contribution in [-0.4, -0.2) is 67.1 Å². The monoisotopic (exact) mass is 440 g/mol. The quantitative estimate of drug-likeness (QED) is 0.660. The molecular formula is C23H28N4O3S. The van der Waals surface area contributed by atoms with E-state index in [0.717, 1.165) is 16.6 Å². The number of hydrogen-bond acceptors (Lipinski definition) is 4. The fourth-order valence-electron chi connectivity index (χ4n) is 4.01. The summed E-state index contributed by atoms with van der Waals surface area (Å²) in [5, 5.41) is 0.986. The summed E-state index contributed by atoms with van der Waals surface area (Å²) in [4.78, 5) is 14.7. The smallest absolute Gasteiger partial charge is 0.253 e. The minimum atomic E-state index is -3.21. The van der Waals surface area contributed by atoms with Gasteiger partial charge >= 0.3 is 0 Å². The Morgan fingerprint density at radius 3 is 2.32 bits per heavy atom. The topological polar surface area (TPSA) is 88.6 Å². The molecule has 1 atom stereocenters. The van der Waals surface area contributed by atoms with Crippen molar-refractivity contribution in [3.63, 3.8) is 0 Å². The number of aromatic nitrogens is 1. The SMILES string of the molecule is CC(CN)c1ccc(-n2ccc3cc(C(=O)N4CCN(S(C)(=O)=O)CC4)ccc32)cc1. The molecule has 1 aromatic heterocycles. The van der Waals surface area contributed by atoms with Crippen LogP contribution in [0.2, 0.25) is 0 Å². The number of carbonyl (C=O) groups excluding carboxylic acids is 1. The Morgan fingerprint density at radius 2 is 1.71 bits per heavy atom. The molecule has 1 unspecified atom stereocenters. The van der Waals surface area contributed by atoms with E-state index >= 15 is 0 Å². The summed E-state index contributed by atoms with van der Waals surface area (Å²) in [6.07, 6.45) is 3.21. The third kappa shape index (κ3) is 4.37. The van der Waals surface area contributed by atoms with Gasteiger partial charge in [0, 0.05) is 49.0 Å². The minimum Gasteiger partial charge on any atom is -0.336 e. The lowest BCUT2D eigenvalue weighted by molar-refractivity contribution is 0.0698. The zero-order valence-electron chi connectivity index (χ0n) is 17.9. The van der Waals surface area contributed by atoms with Gasteiger partial charge in [-0.25, -0.2) is 8.42 Å². The molecule has 1 aliphatic heterocycles. The van der Waals surface area contributed by atoms with Crippen LogP contribution >= 0.6 is 0 Å². The molecule has 2 aromatic carbocycles. The van der Waals surface area contributed by atoms with Gasteiger partial charge in [-0.1, -0.05) is 19.1 Å². The lowest BCUT2D eigenvalue weighted by atomic mass is 10.0. The average molecular weight is 441 g/mol. The number of benzene rings is 2. The molecule has 1 amide bonds. The predicted molar refractivity (Wildman–Crippen MR) is 123 cm³/mol. The first-order chi connectivity index (χ1) is 14.8. The Bertz CT molecular complexity index is 1190. The number of rotatable bonds is 5. The Balaban J connectivity index is 1.53. The van der Waals surface area contributed by atoms with Crippen LogP contribution in [-0.2, 0) is 10.0 Å². The number of amides is 1. The maximum Gasteiger partial charge on any atom is 0.253 e. The summed E-state index contributed by atoms with van der Waals surface area (Å²) in [7, 11) is -3.21. The van der Waals surface area contributed by atoms with Crippen molar-refractivity contribution < 1.29 is 13.2 Å². The molecule has 1 saturated heterocycles. The molecular weight excluding hydrogens is 412 g/mol. The summed E-state index contributed by atoms with van der Waals surface area (Å²) in [6, 6.07) is 16.1. The van der Waals surface area contributed by atoms with E-state index < -0.39 is 10.0 Å². The maximum atomic E-state index is 12.9. The first-order valence-electron chi connectivity index (χ1n) is 10.4. The van der Waals surface area contributed by atoms with Gasteiger partial charge in [-0.05, 0) is 54.4 Å². The van der Waals surface area contributed by atoms with Gasteiger partial charge in [-0.3, -0.25) is 4.79 Å². The molecule has 164 valence electrons. The summed E-state index contributed by atoms with van der Waals surface area (Å²) in [5.41, 5.74) is 9.67. The molecule has 31 heavy (non-hydrogen) atoms. The van der Waals surface area contributed by atoms with E-state index in [9.17, 15) is 13.2 Å². The fraction of sp³-hybridized carbons (Fsp3) is 0.348. The largest absolute Gasteiger partial charge is 0.336 e. The summed E-state index contributed by atoms with van der Waals surface area (Å²) in [6.45, 7) is 4.20. The van der Waals surface area contributed by atoms with E-state index in [1.165, 1.54) is 16.1 Å². The van der Waals surface area contributed by atoms with E-state index in [2.05, 4.69) is 35.8 Å². The van der Waals surface area contributed by atoms with E-state index in [0.29, 0.717) is 44.2 Å². The number of fused-ring (bicyclic) bond motifs is 1. The van der Waals surface area contributed by atoms with Gasteiger partial charge < -0.3 is 15.2 Å². The standard InChI is InChI=1S/C23H28N4O3S/c1-17(16-24)18-3-6-21(7-4-18)27-10-9-19-15-20(5-8-22(19)27)23(28)25-11-13-26(14-12-25)31(2,29)30/h3-10,15,17H,11-14,16,24H2,1-2H3. The van der Waals surface area contributed by atoms with Gasteiger partial charge in [-0.2, -0.15) is 4.31 Å². The lowest BCUT2D eigenvalue weighted by Crippen LogP contribution is -2.50. The molecule has 0 radical (unpaired) electrons. The first kappa shape index (κ1) is 21.5. The highest BCUT2D eigenvalue weighted by Crippen LogP contribution is 2.24. The van der Waals surface area contributed by atoms with Crippen molar-refractivity contribution in [2.75, 3.05) is 39.0 Å². The molecule has 0 bridgehead atoms. The average Bonchev–Trinajstić information content (AvgIpc) is 3.21. The number of nitrogens with two attached hydrogens (primary N) is 1. The zero-order valence-corrected chi connectivity index (χ0v) is 18.7. The number of sulfonamides is 1. The highest BCUT2D eigenvalue weighted by Gasteiger charge is 2.26. The number of carbonyl (C=O) groups is 1. The van der Waals surface area contributed by atoms with Crippen molar-refractivity contribution in [1.82, 2.24) is 13.8 Å². The molecule has 4 rings (SSSR count). The molecule has 2 N–H and O–H groups in total. The molecule has 0 spiro atoms. The Labute approximate surface area is 183 Å². The van der Waals surface area contributed by atoms with E-state index in [1.54, 1.807) is 4.90 Å². The second kappa shape index (κ2) is 8.45. The van der Waals surface area contributed by atoms with Crippen molar-refractivity contribution in [3.05, 3.63) is 65.9 Å². The highest BCUT2D eigenvalue weighted by atomic mass is 32.2. The van der Waals surface area contributed by atoms with Crippen molar-refractivity contribution >= 4 is 26.8 Å². The Hall–Kier alpha value is -2.68.